The lowest BCUT2D eigenvalue weighted by atomic mass is 9.97. The Morgan fingerprint density at radius 3 is 2.42 bits per heavy atom. The maximum absolute atomic E-state index is 5.91. The Bertz CT molecular complexity index is 555. The molecule has 0 aliphatic heterocycles. The van der Waals surface area contributed by atoms with Crippen molar-refractivity contribution in [1.29, 1.82) is 0 Å². The first-order valence-electron chi connectivity index (χ1n) is 6.02. The van der Waals surface area contributed by atoms with Crippen LogP contribution in [0.3, 0.4) is 0 Å². The van der Waals surface area contributed by atoms with Crippen LogP contribution < -0.4 is 16.0 Å². The zero-order chi connectivity index (χ0) is 13.8. The molecule has 0 aliphatic carbocycles. The van der Waals surface area contributed by atoms with Gasteiger partial charge in [-0.25, -0.2) is 5.43 Å². The van der Waals surface area contributed by atoms with Crippen molar-refractivity contribution in [3.05, 3.63) is 64.2 Å². The van der Waals surface area contributed by atoms with Gasteiger partial charge in [0.25, 0.3) is 0 Å². The topological polar surface area (TPSA) is 47.3 Å². The van der Waals surface area contributed by atoms with Crippen molar-refractivity contribution in [3.8, 4) is 5.75 Å². The number of aryl methyl sites for hydroxylation is 1. The Kier molecular flexibility index (Phi) is 4.43. The number of halogens is 1. The number of rotatable bonds is 4. The summed E-state index contributed by atoms with van der Waals surface area (Å²) in [7, 11) is 1.66. The molecule has 0 saturated heterocycles. The molecule has 4 heteroatoms. The first kappa shape index (κ1) is 13.9. The van der Waals surface area contributed by atoms with Crippen molar-refractivity contribution in [2.24, 2.45) is 5.84 Å². The van der Waals surface area contributed by atoms with Crippen LogP contribution in [0.2, 0.25) is 5.02 Å². The Labute approximate surface area is 118 Å². The molecule has 19 heavy (non-hydrogen) atoms. The van der Waals surface area contributed by atoms with Crippen molar-refractivity contribution in [2.45, 2.75) is 13.0 Å². The van der Waals surface area contributed by atoms with E-state index >= 15 is 0 Å². The summed E-state index contributed by atoms with van der Waals surface area (Å²) in [5.41, 5.74) is 6.01. The van der Waals surface area contributed by atoms with Crippen molar-refractivity contribution < 1.29 is 4.74 Å². The van der Waals surface area contributed by atoms with Gasteiger partial charge >= 0.3 is 0 Å². The zero-order valence-corrected chi connectivity index (χ0v) is 11.7. The predicted molar refractivity (Wildman–Crippen MR) is 78.3 cm³/mol. The molecule has 3 N–H and O–H groups in total. The standard InChI is InChI=1S/C15H17ClN2O/c1-10-3-8-13(14(9-10)19-2)15(18-17)11-4-6-12(16)7-5-11/h3-9,15,18H,17H2,1-2H3. The maximum atomic E-state index is 5.91. The van der Waals surface area contributed by atoms with Gasteiger partial charge in [0.15, 0.2) is 0 Å². The average molecular weight is 277 g/mol. The summed E-state index contributed by atoms with van der Waals surface area (Å²) in [6.07, 6.45) is 0. The number of methoxy groups -OCH3 is 1. The van der Waals surface area contributed by atoms with Crippen molar-refractivity contribution in [1.82, 2.24) is 5.43 Å². The van der Waals surface area contributed by atoms with E-state index in [1.165, 1.54) is 0 Å². The van der Waals surface area contributed by atoms with E-state index < -0.39 is 0 Å². The summed E-state index contributed by atoms with van der Waals surface area (Å²) in [4.78, 5) is 0. The number of benzene rings is 2. The van der Waals surface area contributed by atoms with Crippen LogP contribution in [0.15, 0.2) is 42.5 Å². The van der Waals surface area contributed by atoms with Gasteiger partial charge in [0.1, 0.15) is 5.75 Å². The lowest BCUT2D eigenvalue weighted by Gasteiger charge is -2.20. The molecule has 2 aromatic rings. The molecule has 0 heterocycles. The average Bonchev–Trinajstić information content (AvgIpc) is 2.43. The molecule has 3 nitrogen and oxygen atoms in total. The fourth-order valence-electron chi connectivity index (χ4n) is 2.08. The van der Waals surface area contributed by atoms with Gasteiger partial charge in [0, 0.05) is 10.6 Å². The van der Waals surface area contributed by atoms with Crippen molar-refractivity contribution >= 4 is 11.6 Å². The minimum atomic E-state index is -0.132. The normalized spacial score (nSPS) is 12.2. The number of hydrazine groups is 1. The quantitative estimate of drug-likeness (QED) is 0.666. The number of nitrogens with two attached hydrogens (primary N) is 1. The third-order valence-corrected chi connectivity index (χ3v) is 3.32. The fraction of sp³-hybridized carbons (Fsp3) is 0.200. The van der Waals surface area contributed by atoms with E-state index in [0.29, 0.717) is 5.02 Å². The molecule has 2 rings (SSSR count). The van der Waals surface area contributed by atoms with E-state index in [4.69, 9.17) is 22.2 Å². The molecule has 0 fully saturated rings. The Balaban J connectivity index is 2.44. The number of ether oxygens (including phenoxy) is 1. The van der Waals surface area contributed by atoms with Crippen LogP contribution in [-0.2, 0) is 0 Å². The molecule has 1 atom stereocenters. The van der Waals surface area contributed by atoms with E-state index in [2.05, 4.69) is 5.43 Å². The first-order valence-corrected chi connectivity index (χ1v) is 6.39. The van der Waals surface area contributed by atoms with E-state index in [1.807, 2.05) is 49.4 Å². The highest BCUT2D eigenvalue weighted by molar-refractivity contribution is 6.30. The highest BCUT2D eigenvalue weighted by atomic mass is 35.5. The van der Waals surface area contributed by atoms with Gasteiger partial charge in [-0.3, -0.25) is 5.84 Å². The van der Waals surface area contributed by atoms with E-state index in [0.717, 1.165) is 22.4 Å². The molecule has 0 saturated carbocycles. The molecule has 100 valence electrons. The van der Waals surface area contributed by atoms with Gasteiger partial charge in [-0.1, -0.05) is 35.9 Å². The molecule has 0 radical (unpaired) electrons. The minimum Gasteiger partial charge on any atom is -0.496 e. The summed E-state index contributed by atoms with van der Waals surface area (Å²) in [6.45, 7) is 2.03. The smallest absolute Gasteiger partial charge is 0.124 e. The Hall–Kier alpha value is -1.55. The number of hydrogen-bond acceptors (Lipinski definition) is 3. The van der Waals surface area contributed by atoms with Crippen LogP contribution in [0, 0.1) is 6.92 Å². The van der Waals surface area contributed by atoms with Gasteiger partial charge in [0.2, 0.25) is 0 Å². The van der Waals surface area contributed by atoms with Gasteiger partial charge in [-0.05, 0) is 36.2 Å². The lowest BCUT2D eigenvalue weighted by molar-refractivity contribution is 0.404. The Morgan fingerprint density at radius 2 is 1.84 bits per heavy atom. The van der Waals surface area contributed by atoms with Gasteiger partial charge < -0.3 is 4.74 Å². The molecular weight excluding hydrogens is 260 g/mol. The van der Waals surface area contributed by atoms with Crippen LogP contribution in [0.25, 0.3) is 0 Å². The van der Waals surface area contributed by atoms with Crippen LogP contribution in [0.4, 0.5) is 0 Å². The highest BCUT2D eigenvalue weighted by Gasteiger charge is 2.16. The van der Waals surface area contributed by atoms with Crippen LogP contribution in [0.5, 0.6) is 5.75 Å². The summed E-state index contributed by atoms with van der Waals surface area (Å²) >= 11 is 5.91. The second-order valence-corrected chi connectivity index (χ2v) is 4.83. The number of hydrogen-bond donors (Lipinski definition) is 2. The zero-order valence-electron chi connectivity index (χ0n) is 11.0. The summed E-state index contributed by atoms with van der Waals surface area (Å²) in [5, 5.41) is 0.704. The molecule has 0 spiro atoms. The molecule has 2 aromatic carbocycles. The van der Waals surface area contributed by atoms with E-state index in [-0.39, 0.29) is 6.04 Å². The fourth-order valence-corrected chi connectivity index (χ4v) is 2.20. The van der Waals surface area contributed by atoms with Crippen molar-refractivity contribution in [2.75, 3.05) is 7.11 Å². The largest absolute Gasteiger partial charge is 0.496 e. The van der Waals surface area contributed by atoms with Gasteiger partial charge in [-0.15, -0.1) is 0 Å². The molecule has 0 aliphatic rings. The molecule has 0 amide bonds. The third kappa shape index (κ3) is 3.07. The van der Waals surface area contributed by atoms with E-state index in [1.54, 1.807) is 7.11 Å². The lowest BCUT2D eigenvalue weighted by Crippen LogP contribution is -2.29. The predicted octanol–water partition coefficient (Wildman–Crippen LogP) is 3.21. The summed E-state index contributed by atoms with van der Waals surface area (Å²) in [5.74, 6) is 6.52. The number of nitrogens with one attached hydrogen (secondary N) is 1. The second-order valence-electron chi connectivity index (χ2n) is 4.40. The molecular formula is C15H17ClN2O. The second kappa shape index (κ2) is 6.06. The Morgan fingerprint density at radius 1 is 1.16 bits per heavy atom. The van der Waals surface area contributed by atoms with Gasteiger partial charge in [0.05, 0.1) is 13.2 Å². The van der Waals surface area contributed by atoms with Crippen molar-refractivity contribution in [3.63, 3.8) is 0 Å². The summed E-state index contributed by atoms with van der Waals surface area (Å²) < 4.78 is 5.43. The van der Waals surface area contributed by atoms with Crippen LogP contribution in [-0.4, -0.2) is 7.11 Å². The monoisotopic (exact) mass is 276 g/mol. The third-order valence-electron chi connectivity index (χ3n) is 3.07. The molecule has 0 aromatic heterocycles. The van der Waals surface area contributed by atoms with Crippen LogP contribution in [0.1, 0.15) is 22.7 Å². The summed E-state index contributed by atoms with van der Waals surface area (Å²) in [6, 6.07) is 13.5. The highest BCUT2D eigenvalue weighted by Crippen LogP contribution is 2.30. The first-order chi connectivity index (χ1) is 9.15. The van der Waals surface area contributed by atoms with Gasteiger partial charge in [-0.2, -0.15) is 0 Å². The maximum Gasteiger partial charge on any atom is 0.124 e. The minimum absolute atomic E-state index is 0.132. The SMILES string of the molecule is COc1cc(C)ccc1C(NN)c1ccc(Cl)cc1. The molecule has 0 bridgehead atoms. The van der Waals surface area contributed by atoms with Crippen LogP contribution >= 0.6 is 11.6 Å². The van der Waals surface area contributed by atoms with E-state index in [9.17, 15) is 0 Å². The molecule has 1 unspecified atom stereocenters.